The van der Waals surface area contributed by atoms with E-state index < -0.39 is 0 Å². The van der Waals surface area contributed by atoms with E-state index >= 15 is 0 Å². The fourth-order valence-electron chi connectivity index (χ4n) is 2.01. The summed E-state index contributed by atoms with van der Waals surface area (Å²) in [4.78, 5) is 4.05. The molecule has 3 rings (SSSR count). The molecule has 0 saturated heterocycles. The summed E-state index contributed by atoms with van der Waals surface area (Å²) in [5, 5.41) is 3.55. The first-order valence-corrected chi connectivity index (χ1v) is 6.25. The van der Waals surface area contributed by atoms with Crippen molar-refractivity contribution in [2.75, 3.05) is 0 Å². The molecular weight excluding hydrogens is 212 g/mol. The predicted molar refractivity (Wildman–Crippen MR) is 66.5 cm³/mol. The Morgan fingerprint density at radius 2 is 2.24 bits per heavy atom. The molecule has 0 bridgehead atoms. The second-order valence-corrected chi connectivity index (χ2v) is 4.65. The van der Waals surface area contributed by atoms with E-state index in [0.29, 0.717) is 0 Å². The van der Waals surface area contributed by atoms with Crippen molar-refractivity contribution in [3.63, 3.8) is 0 Å². The quantitative estimate of drug-likeness (QED) is 0.818. The lowest BCUT2D eigenvalue weighted by Gasteiger charge is -2.10. The Bertz CT molecular complexity index is 453. The van der Waals surface area contributed by atoms with Gasteiger partial charge in [-0.15, -0.1) is 0 Å². The molecule has 0 radical (unpaired) electrons. The van der Waals surface area contributed by atoms with Crippen LogP contribution in [-0.4, -0.2) is 20.2 Å². The fraction of sp³-hybridized carbons (Fsp3) is 0.462. The Morgan fingerprint density at radius 1 is 1.29 bits per heavy atom. The topological polar surface area (TPSA) is 34.8 Å². The highest BCUT2D eigenvalue weighted by Crippen LogP contribution is 2.19. The molecular formula is C13H18N4. The summed E-state index contributed by atoms with van der Waals surface area (Å²) < 4.78 is 4.42. The van der Waals surface area contributed by atoms with Crippen molar-refractivity contribution in [1.82, 2.24) is 19.4 Å². The number of aromatic nitrogens is 3. The SMILES string of the molecule is c1cc(CNC2CC2)n(CCn2ccnc2)c1. The van der Waals surface area contributed by atoms with Gasteiger partial charge in [-0.1, -0.05) is 0 Å². The molecule has 1 N–H and O–H groups in total. The molecule has 1 aliphatic rings. The van der Waals surface area contributed by atoms with Crippen LogP contribution in [-0.2, 0) is 19.6 Å². The smallest absolute Gasteiger partial charge is 0.0946 e. The van der Waals surface area contributed by atoms with E-state index in [4.69, 9.17) is 0 Å². The third-order valence-electron chi connectivity index (χ3n) is 3.23. The summed E-state index contributed by atoms with van der Waals surface area (Å²) in [7, 11) is 0. The second kappa shape index (κ2) is 4.75. The van der Waals surface area contributed by atoms with Crippen LogP contribution < -0.4 is 5.32 Å². The monoisotopic (exact) mass is 230 g/mol. The maximum atomic E-state index is 4.05. The van der Waals surface area contributed by atoms with Gasteiger partial charge in [-0.3, -0.25) is 0 Å². The van der Waals surface area contributed by atoms with Gasteiger partial charge in [0.05, 0.1) is 6.33 Å². The third kappa shape index (κ3) is 2.77. The molecule has 1 fully saturated rings. The number of imidazole rings is 1. The lowest BCUT2D eigenvalue weighted by Crippen LogP contribution is -2.18. The number of hydrogen-bond donors (Lipinski definition) is 1. The van der Waals surface area contributed by atoms with Gasteiger partial charge in [0.1, 0.15) is 0 Å². The van der Waals surface area contributed by atoms with Crippen molar-refractivity contribution >= 4 is 0 Å². The molecule has 4 nitrogen and oxygen atoms in total. The average molecular weight is 230 g/mol. The number of nitrogens with zero attached hydrogens (tertiary/aromatic N) is 3. The predicted octanol–water partition coefficient (Wildman–Crippen LogP) is 1.64. The van der Waals surface area contributed by atoms with E-state index in [-0.39, 0.29) is 0 Å². The van der Waals surface area contributed by atoms with Crippen LogP contribution in [0.4, 0.5) is 0 Å². The van der Waals surface area contributed by atoms with Gasteiger partial charge in [0.2, 0.25) is 0 Å². The van der Waals surface area contributed by atoms with Gasteiger partial charge in [0.25, 0.3) is 0 Å². The number of nitrogens with one attached hydrogen (secondary N) is 1. The normalized spacial score (nSPS) is 15.3. The zero-order valence-electron chi connectivity index (χ0n) is 9.92. The number of rotatable bonds is 6. The van der Waals surface area contributed by atoms with Gasteiger partial charge in [0.15, 0.2) is 0 Å². The molecule has 0 aromatic carbocycles. The van der Waals surface area contributed by atoms with Crippen LogP contribution in [0.25, 0.3) is 0 Å². The first-order chi connectivity index (χ1) is 8.42. The molecule has 1 aliphatic carbocycles. The van der Waals surface area contributed by atoms with Crippen molar-refractivity contribution in [2.24, 2.45) is 0 Å². The van der Waals surface area contributed by atoms with Gasteiger partial charge >= 0.3 is 0 Å². The largest absolute Gasteiger partial charge is 0.348 e. The molecule has 2 aromatic heterocycles. The van der Waals surface area contributed by atoms with Gasteiger partial charge in [0, 0.05) is 50.0 Å². The van der Waals surface area contributed by atoms with E-state index in [9.17, 15) is 0 Å². The summed E-state index contributed by atoms with van der Waals surface area (Å²) >= 11 is 0. The fourth-order valence-corrected chi connectivity index (χ4v) is 2.01. The Morgan fingerprint density at radius 3 is 3.00 bits per heavy atom. The molecule has 0 atom stereocenters. The van der Waals surface area contributed by atoms with Crippen LogP contribution >= 0.6 is 0 Å². The first-order valence-electron chi connectivity index (χ1n) is 6.25. The van der Waals surface area contributed by atoms with Crippen molar-refractivity contribution in [3.8, 4) is 0 Å². The van der Waals surface area contributed by atoms with E-state index in [2.05, 4.69) is 37.8 Å². The van der Waals surface area contributed by atoms with Crippen molar-refractivity contribution in [3.05, 3.63) is 42.7 Å². The molecule has 17 heavy (non-hydrogen) atoms. The zero-order valence-corrected chi connectivity index (χ0v) is 9.92. The molecule has 0 amide bonds. The van der Waals surface area contributed by atoms with Crippen LogP contribution in [0.1, 0.15) is 18.5 Å². The minimum absolute atomic E-state index is 0.770. The second-order valence-electron chi connectivity index (χ2n) is 4.65. The summed E-state index contributed by atoms with van der Waals surface area (Å²) in [6.07, 6.45) is 10.5. The maximum absolute atomic E-state index is 4.05. The molecule has 0 aliphatic heterocycles. The number of aryl methyl sites for hydroxylation is 2. The average Bonchev–Trinajstić information content (AvgIpc) is 2.86. The highest BCUT2D eigenvalue weighted by Gasteiger charge is 2.20. The Hall–Kier alpha value is -1.55. The zero-order chi connectivity index (χ0) is 11.5. The van der Waals surface area contributed by atoms with Crippen LogP contribution in [0.15, 0.2) is 37.1 Å². The molecule has 4 heteroatoms. The van der Waals surface area contributed by atoms with Crippen molar-refractivity contribution in [2.45, 2.75) is 38.5 Å². The van der Waals surface area contributed by atoms with Gasteiger partial charge in [-0.05, 0) is 25.0 Å². The van der Waals surface area contributed by atoms with E-state index in [0.717, 1.165) is 25.7 Å². The van der Waals surface area contributed by atoms with Crippen molar-refractivity contribution in [1.29, 1.82) is 0 Å². The Labute approximate surface area is 101 Å². The van der Waals surface area contributed by atoms with Gasteiger partial charge in [-0.2, -0.15) is 0 Å². The standard InChI is InChI=1S/C13H18N4/c1-2-13(10-15-12-3-4-12)17(6-1)9-8-16-7-5-14-11-16/h1-2,5-7,11-12,15H,3-4,8-10H2. The Kier molecular flexibility index (Phi) is 2.96. The van der Waals surface area contributed by atoms with Crippen LogP contribution in [0.2, 0.25) is 0 Å². The van der Waals surface area contributed by atoms with E-state index in [1.807, 2.05) is 18.7 Å². The maximum Gasteiger partial charge on any atom is 0.0946 e. The minimum Gasteiger partial charge on any atom is -0.348 e. The van der Waals surface area contributed by atoms with E-state index in [1.165, 1.54) is 18.5 Å². The molecule has 2 heterocycles. The lowest BCUT2D eigenvalue weighted by atomic mass is 10.4. The number of hydrogen-bond acceptors (Lipinski definition) is 2. The summed E-state index contributed by atoms with van der Waals surface area (Å²) in [5.41, 5.74) is 1.37. The third-order valence-corrected chi connectivity index (χ3v) is 3.23. The molecule has 0 unspecified atom stereocenters. The lowest BCUT2D eigenvalue weighted by molar-refractivity contribution is 0.547. The van der Waals surface area contributed by atoms with Crippen molar-refractivity contribution < 1.29 is 0 Å². The highest BCUT2D eigenvalue weighted by atomic mass is 15.1. The van der Waals surface area contributed by atoms with Gasteiger partial charge in [-0.25, -0.2) is 4.98 Å². The highest BCUT2D eigenvalue weighted by molar-refractivity contribution is 5.07. The van der Waals surface area contributed by atoms with Crippen LogP contribution in [0, 0.1) is 0 Å². The minimum atomic E-state index is 0.770. The Balaban J connectivity index is 1.56. The van der Waals surface area contributed by atoms with Crippen LogP contribution in [0.3, 0.4) is 0 Å². The first kappa shape index (κ1) is 10.6. The molecule has 2 aromatic rings. The van der Waals surface area contributed by atoms with Crippen LogP contribution in [0.5, 0.6) is 0 Å². The molecule has 90 valence electrons. The summed E-state index contributed by atoms with van der Waals surface area (Å²) in [6, 6.07) is 5.09. The summed E-state index contributed by atoms with van der Waals surface area (Å²) in [6.45, 7) is 2.97. The molecule has 1 saturated carbocycles. The van der Waals surface area contributed by atoms with Gasteiger partial charge < -0.3 is 14.5 Å². The molecule has 0 spiro atoms. The van der Waals surface area contributed by atoms with E-state index in [1.54, 1.807) is 0 Å². The summed E-state index contributed by atoms with van der Waals surface area (Å²) in [5.74, 6) is 0.